The largest absolute Gasteiger partial charge is 0.319 e. The zero-order chi connectivity index (χ0) is 13.1. The summed E-state index contributed by atoms with van der Waals surface area (Å²) in [6.07, 6.45) is 2.36. The molecule has 0 radical (unpaired) electrons. The van der Waals surface area contributed by atoms with Crippen molar-refractivity contribution in [2.45, 2.75) is 0 Å². The molecule has 92 valence electrons. The first-order valence-electron chi connectivity index (χ1n) is 4.87. The van der Waals surface area contributed by atoms with Crippen molar-refractivity contribution in [3.63, 3.8) is 0 Å². The molecule has 5 nitrogen and oxygen atoms in total. The fraction of sp³-hybridized carbons (Fsp3) is 0. The minimum absolute atomic E-state index is 0.117. The van der Waals surface area contributed by atoms with Gasteiger partial charge in [0.15, 0.2) is 0 Å². The molecule has 0 aliphatic carbocycles. The van der Waals surface area contributed by atoms with Crippen LogP contribution in [0.25, 0.3) is 0 Å². The Balaban J connectivity index is 2.33. The average Bonchev–Trinajstić information content (AvgIpc) is 2.34. The Labute approximate surface area is 112 Å². The first-order chi connectivity index (χ1) is 8.59. The van der Waals surface area contributed by atoms with E-state index in [1.807, 2.05) is 0 Å². The normalized spacial score (nSPS) is 10.1. The van der Waals surface area contributed by atoms with E-state index < -0.39 is 11.5 Å². The van der Waals surface area contributed by atoms with Crippen molar-refractivity contribution < 1.29 is 4.79 Å². The number of halogens is 2. The molecule has 0 spiro atoms. The first-order valence-corrected chi connectivity index (χ1v) is 5.63. The summed E-state index contributed by atoms with van der Waals surface area (Å²) in [7, 11) is 0. The third-order valence-corrected chi connectivity index (χ3v) is 2.79. The van der Waals surface area contributed by atoms with E-state index in [0.717, 1.165) is 0 Å². The van der Waals surface area contributed by atoms with Crippen LogP contribution in [0, 0.1) is 0 Å². The predicted octanol–water partition coefficient (Wildman–Crippen LogP) is 2.33. The van der Waals surface area contributed by atoms with Gasteiger partial charge in [0, 0.05) is 6.20 Å². The summed E-state index contributed by atoms with van der Waals surface area (Å²) in [5.74, 6) is -0.626. The minimum atomic E-state index is -0.626. The Bertz CT molecular complexity index is 634. The van der Waals surface area contributed by atoms with Crippen molar-refractivity contribution in [1.82, 2.24) is 9.97 Å². The molecular formula is C11H7Cl2N3O2. The molecule has 0 saturated heterocycles. The van der Waals surface area contributed by atoms with Crippen LogP contribution < -0.4 is 10.9 Å². The number of carbonyl (C=O) groups excluding carboxylic acids is 1. The number of rotatable bonds is 2. The molecule has 7 heteroatoms. The van der Waals surface area contributed by atoms with Crippen LogP contribution in [0.3, 0.4) is 0 Å². The average molecular weight is 284 g/mol. The van der Waals surface area contributed by atoms with E-state index in [9.17, 15) is 9.59 Å². The second kappa shape index (κ2) is 5.20. The Morgan fingerprint density at radius 3 is 2.56 bits per heavy atom. The number of carbonyl (C=O) groups is 1. The van der Waals surface area contributed by atoms with Gasteiger partial charge in [-0.1, -0.05) is 29.3 Å². The molecule has 1 aromatic carbocycles. The van der Waals surface area contributed by atoms with Gasteiger partial charge in [-0.2, -0.15) is 0 Å². The fourth-order valence-corrected chi connectivity index (χ4v) is 1.80. The van der Waals surface area contributed by atoms with Crippen LogP contribution in [0.15, 0.2) is 35.5 Å². The maximum Gasteiger partial charge on any atom is 0.263 e. The van der Waals surface area contributed by atoms with Crippen molar-refractivity contribution in [3.8, 4) is 0 Å². The molecule has 1 aromatic heterocycles. The van der Waals surface area contributed by atoms with Crippen LogP contribution in [-0.4, -0.2) is 15.9 Å². The quantitative estimate of drug-likeness (QED) is 0.888. The topological polar surface area (TPSA) is 74.8 Å². The van der Waals surface area contributed by atoms with Gasteiger partial charge in [-0.15, -0.1) is 0 Å². The highest BCUT2D eigenvalue weighted by Crippen LogP contribution is 2.29. The van der Waals surface area contributed by atoms with Crippen molar-refractivity contribution in [2.24, 2.45) is 0 Å². The monoisotopic (exact) mass is 283 g/mol. The Morgan fingerprint density at radius 1 is 1.28 bits per heavy atom. The molecule has 0 saturated carbocycles. The highest BCUT2D eigenvalue weighted by Gasteiger charge is 2.14. The molecule has 18 heavy (non-hydrogen) atoms. The minimum Gasteiger partial charge on any atom is -0.319 e. The lowest BCUT2D eigenvalue weighted by Gasteiger charge is -2.08. The molecule has 0 aliphatic heterocycles. The molecule has 0 unspecified atom stereocenters. The van der Waals surface area contributed by atoms with Gasteiger partial charge < -0.3 is 10.3 Å². The van der Waals surface area contributed by atoms with E-state index in [-0.39, 0.29) is 21.3 Å². The zero-order valence-corrected chi connectivity index (χ0v) is 10.4. The molecule has 2 N–H and O–H groups in total. The second-order valence-corrected chi connectivity index (χ2v) is 4.16. The van der Waals surface area contributed by atoms with E-state index in [0.29, 0.717) is 0 Å². The lowest BCUT2D eigenvalue weighted by Crippen LogP contribution is -2.23. The van der Waals surface area contributed by atoms with Gasteiger partial charge in [0.1, 0.15) is 5.56 Å². The van der Waals surface area contributed by atoms with Crippen LogP contribution in [0.1, 0.15) is 10.4 Å². The van der Waals surface area contributed by atoms with Crippen LogP contribution in [-0.2, 0) is 0 Å². The van der Waals surface area contributed by atoms with E-state index in [1.54, 1.807) is 18.2 Å². The number of hydrogen-bond acceptors (Lipinski definition) is 3. The number of anilines is 1. The Morgan fingerprint density at radius 2 is 1.94 bits per heavy atom. The molecule has 0 bridgehead atoms. The third-order valence-electron chi connectivity index (χ3n) is 2.16. The summed E-state index contributed by atoms with van der Waals surface area (Å²) in [6.45, 7) is 0. The molecule has 2 rings (SSSR count). The Hall–Kier alpha value is -1.85. The van der Waals surface area contributed by atoms with E-state index in [1.165, 1.54) is 12.5 Å². The number of hydrogen-bond donors (Lipinski definition) is 2. The van der Waals surface area contributed by atoms with Gasteiger partial charge in [-0.3, -0.25) is 9.59 Å². The first kappa shape index (κ1) is 12.6. The number of nitrogens with zero attached hydrogens (tertiary/aromatic N) is 1. The van der Waals surface area contributed by atoms with Crippen molar-refractivity contribution in [2.75, 3.05) is 5.32 Å². The SMILES string of the molecule is O=C(Nc1c(Cl)cccc1Cl)c1cnc[nH]c1=O. The second-order valence-electron chi connectivity index (χ2n) is 3.35. The summed E-state index contributed by atoms with van der Waals surface area (Å²) in [4.78, 5) is 29.2. The van der Waals surface area contributed by atoms with Crippen LogP contribution in [0.4, 0.5) is 5.69 Å². The molecule has 0 aliphatic rings. The molecule has 1 amide bonds. The molecular weight excluding hydrogens is 277 g/mol. The van der Waals surface area contributed by atoms with Crippen LogP contribution >= 0.6 is 23.2 Å². The number of aromatic amines is 1. The van der Waals surface area contributed by atoms with Gasteiger partial charge >= 0.3 is 0 Å². The maximum absolute atomic E-state index is 11.9. The smallest absolute Gasteiger partial charge is 0.263 e. The van der Waals surface area contributed by atoms with Crippen molar-refractivity contribution >= 4 is 34.8 Å². The van der Waals surface area contributed by atoms with Gasteiger partial charge in [0.25, 0.3) is 11.5 Å². The maximum atomic E-state index is 11.9. The summed E-state index contributed by atoms with van der Waals surface area (Å²) < 4.78 is 0. The fourth-order valence-electron chi connectivity index (χ4n) is 1.30. The molecule has 0 atom stereocenters. The number of aromatic nitrogens is 2. The lowest BCUT2D eigenvalue weighted by atomic mass is 10.2. The number of H-pyrrole nitrogens is 1. The number of nitrogens with one attached hydrogen (secondary N) is 2. The van der Waals surface area contributed by atoms with Gasteiger partial charge in [-0.25, -0.2) is 4.98 Å². The summed E-state index contributed by atoms with van der Waals surface area (Å²) in [5, 5.41) is 3.05. The summed E-state index contributed by atoms with van der Waals surface area (Å²) in [5.41, 5.74) is -0.395. The summed E-state index contributed by atoms with van der Waals surface area (Å²) in [6, 6.07) is 4.81. The number of para-hydroxylation sites is 1. The third kappa shape index (κ3) is 2.52. The van der Waals surface area contributed by atoms with Crippen molar-refractivity contribution in [3.05, 3.63) is 56.7 Å². The highest BCUT2D eigenvalue weighted by atomic mass is 35.5. The van der Waals surface area contributed by atoms with Gasteiger partial charge in [0.2, 0.25) is 0 Å². The molecule has 0 fully saturated rings. The molecule has 2 aromatic rings. The van der Waals surface area contributed by atoms with E-state index in [2.05, 4.69) is 15.3 Å². The standard InChI is InChI=1S/C11H7Cl2N3O2/c12-7-2-1-3-8(13)9(7)16-11(18)6-4-14-5-15-10(6)17/h1-5H,(H,16,18)(H,14,15,17). The lowest BCUT2D eigenvalue weighted by molar-refractivity contribution is 0.102. The van der Waals surface area contributed by atoms with Crippen molar-refractivity contribution in [1.29, 1.82) is 0 Å². The van der Waals surface area contributed by atoms with Gasteiger partial charge in [-0.05, 0) is 12.1 Å². The van der Waals surface area contributed by atoms with Crippen LogP contribution in [0.2, 0.25) is 10.0 Å². The predicted molar refractivity (Wildman–Crippen MR) is 69.3 cm³/mol. The zero-order valence-electron chi connectivity index (χ0n) is 8.91. The van der Waals surface area contributed by atoms with E-state index in [4.69, 9.17) is 23.2 Å². The van der Waals surface area contributed by atoms with E-state index >= 15 is 0 Å². The van der Waals surface area contributed by atoms with Crippen LogP contribution in [0.5, 0.6) is 0 Å². The summed E-state index contributed by atoms with van der Waals surface area (Å²) >= 11 is 11.8. The van der Waals surface area contributed by atoms with Gasteiger partial charge in [0.05, 0.1) is 22.1 Å². The highest BCUT2D eigenvalue weighted by molar-refractivity contribution is 6.40. The number of benzene rings is 1. The Kier molecular flexibility index (Phi) is 3.64. The molecule has 1 heterocycles. The number of amides is 1.